The molecule has 1 heterocycles. The molecule has 0 aliphatic heterocycles. The van der Waals surface area contributed by atoms with Crippen molar-refractivity contribution >= 4 is 38.7 Å². The molecular formula is C69H50N2. The SMILES string of the molecule is CC1(C)c2cc(-c3cccc4c3ccc3c(-c5ccccc5)c(-c5ccccc5)n(-c5ccccc5)c34)ccc2-c2ccc(N(c3ccc(-c4ccccc4)cc3)c3ccc(-c4ccccc4)cc3)cc21. The second kappa shape index (κ2) is 17.2. The molecule has 71 heavy (non-hydrogen) atoms. The van der Waals surface area contributed by atoms with E-state index in [4.69, 9.17) is 0 Å². The summed E-state index contributed by atoms with van der Waals surface area (Å²) in [5.74, 6) is 0. The van der Waals surface area contributed by atoms with Crippen molar-refractivity contribution in [3.63, 3.8) is 0 Å². The number of rotatable bonds is 9. The molecule has 0 N–H and O–H groups in total. The van der Waals surface area contributed by atoms with Crippen molar-refractivity contribution in [1.82, 2.24) is 4.57 Å². The van der Waals surface area contributed by atoms with Gasteiger partial charge in [0.25, 0.3) is 0 Å². The lowest BCUT2D eigenvalue weighted by molar-refractivity contribution is 0.660. The van der Waals surface area contributed by atoms with Crippen molar-refractivity contribution in [3.05, 3.63) is 278 Å². The predicted octanol–water partition coefficient (Wildman–Crippen LogP) is 18.9. The third kappa shape index (κ3) is 7.18. The first-order valence-corrected chi connectivity index (χ1v) is 24.7. The lowest BCUT2D eigenvalue weighted by Crippen LogP contribution is -2.16. The average Bonchev–Trinajstić information content (AvgIpc) is 3.91. The van der Waals surface area contributed by atoms with Crippen molar-refractivity contribution in [2.45, 2.75) is 19.3 Å². The van der Waals surface area contributed by atoms with E-state index in [1.54, 1.807) is 0 Å². The maximum atomic E-state index is 2.50. The molecule has 1 aliphatic carbocycles. The van der Waals surface area contributed by atoms with E-state index in [0.29, 0.717) is 0 Å². The second-order valence-corrected chi connectivity index (χ2v) is 19.3. The highest BCUT2D eigenvalue weighted by atomic mass is 15.1. The minimum absolute atomic E-state index is 0.258. The van der Waals surface area contributed by atoms with Gasteiger partial charge in [0.15, 0.2) is 0 Å². The fraction of sp³-hybridized carbons (Fsp3) is 0.0435. The molecule has 0 saturated heterocycles. The Morgan fingerprint density at radius 2 is 0.761 bits per heavy atom. The van der Waals surface area contributed by atoms with Crippen molar-refractivity contribution in [1.29, 1.82) is 0 Å². The third-order valence-corrected chi connectivity index (χ3v) is 14.8. The Kier molecular flexibility index (Phi) is 10.2. The molecule has 0 amide bonds. The van der Waals surface area contributed by atoms with Crippen LogP contribution in [-0.4, -0.2) is 4.57 Å². The van der Waals surface area contributed by atoms with Gasteiger partial charge in [0, 0.05) is 44.5 Å². The van der Waals surface area contributed by atoms with Gasteiger partial charge in [0.05, 0.1) is 11.2 Å². The van der Waals surface area contributed by atoms with Gasteiger partial charge in [-0.25, -0.2) is 0 Å². The van der Waals surface area contributed by atoms with E-state index in [1.807, 2.05) is 0 Å². The Morgan fingerprint density at radius 3 is 1.34 bits per heavy atom. The van der Waals surface area contributed by atoms with E-state index in [-0.39, 0.29) is 5.41 Å². The van der Waals surface area contributed by atoms with Crippen LogP contribution in [0.15, 0.2) is 267 Å². The molecule has 0 fully saturated rings. The van der Waals surface area contributed by atoms with Crippen molar-refractivity contribution in [2.24, 2.45) is 0 Å². The molecule has 0 bridgehead atoms. The van der Waals surface area contributed by atoms with E-state index in [9.17, 15) is 0 Å². The van der Waals surface area contributed by atoms with Gasteiger partial charge in [-0.3, -0.25) is 0 Å². The average molecular weight is 907 g/mol. The number of aromatic nitrogens is 1. The smallest absolute Gasteiger partial charge is 0.0620 e. The fourth-order valence-electron chi connectivity index (χ4n) is 11.3. The lowest BCUT2D eigenvalue weighted by Gasteiger charge is -2.28. The molecule has 0 spiro atoms. The lowest BCUT2D eigenvalue weighted by atomic mass is 9.81. The van der Waals surface area contributed by atoms with Crippen LogP contribution in [0.2, 0.25) is 0 Å². The minimum Gasteiger partial charge on any atom is -0.310 e. The number of para-hydroxylation sites is 1. The molecular weight excluding hydrogens is 857 g/mol. The zero-order valence-corrected chi connectivity index (χ0v) is 39.8. The first-order chi connectivity index (χ1) is 35.0. The minimum atomic E-state index is -0.258. The number of fused-ring (bicyclic) bond motifs is 6. The van der Waals surface area contributed by atoms with Gasteiger partial charge < -0.3 is 9.47 Å². The van der Waals surface area contributed by atoms with Crippen LogP contribution in [0.3, 0.4) is 0 Å². The quantitative estimate of drug-likeness (QED) is 0.140. The van der Waals surface area contributed by atoms with Crippen LogP contribution in [0.1, 0.15) is 25.0 Å². The normalized spacial score (nSPS) is 12.5. The highest BCUT2D eigenvalue weighted by Crippen LogP contribution is 2.53. The van der Waals surface area contributed by atoms with Gasteiger partial charge in [-0.05, 0) is 127 Å². The Morgan fingerprint density at radius 1 is 0.310 bits per heavy atom. The summed E-state index contributed by atoms with van der Waals surface area (Å²) in [7, 11) is 0. The third-order valence-electron chi connectivity index (χ3n) is 14.8. The summed E-state index contributed by atoms with van der Waals surface area (Å²) >= 11 is 0. The predicted molar refractivity (Wildman–Crippen MR) is 300 cm³/mol. The Labute approximate surface area is 416 Å². The summed E-state index contributed by atoms with van der Waals surface area (Å²) in [5.41, 5.74) is 22.8. The fourth-order valence-corrected chi connectivity index (χ4v) is 11.3. The first-order valence-electron chi connectivity index (χ1n) is 24.7. The largest absolute Gasteiger partial charge is 0.310 e. The van der Waals surface area contributed by atoms with E-state index in [2.05, 4.69) is 290 Å². The van der Waals surface area contributed by atoms with Crippen LogP contribution >= 0.6 is 0 Å². The van der Waals surface area contributed by atoms with Gasteiger partial charge >= 0.3 is 0 Å². The van der Waals surface area contributed by atoms with E-state index in [0.717, 1.165) is 22.7 Å². The summed E-state index contributed by atoms with van der Waals surface area (Å²) < 4.78 is 2.50. The summed E-state index contributed by atoms with van der Waals surface area (Å²) in [4.78, 5) is 2.41. The maximum Gasteiger partial charge on any atom is 0.0620 e. The van der Waals surface area contributed by atoms with Gasteiger partial charge in [-0.2, -0.15) is 0 Å². The van der Waals surface area contributed by atoms with Gasteiger partial charge in [-0.15, -0.1) is 0 Å². The molecule has 2 heteroatoms. The topological polar surface area (TPSA) is 8.17 Å². The summed E-state index contributed by atoms with van der Waals surface area (Å²) in [6.45, 7) is 4.79. The summed E-state index contributed by atoms with van der Waals surface area (Å²) in [6, 6.07) is 97.7. The molecule has 1 aliphatic rings. The first kappa shape index (κ1) is 42.1. The van der Waals surface area contributed by atoms with Crippen molar-refractivity contribution in [3.8, 4) is 72.6 Å². The van der Waals surface area contributed by atoms with Crippen LogP contribution < -0.4 is 4.90 Å². The molecule has 0 atom stereocenters. The number of hydrogen-bond acceptors (Lipinski definition) is 1. The van der Waals surface area contributed by atoms with Crippen LogP contribution in [0.25, 0.3) is 94.3 Å². The summed E-state index contributed by atoms with van der Waals surface area (Å²) in [5, 5.41) is 3.69. The molecule has 336 valence electrons. The van der Waals surface area contributed by atoms with Crippen LogP contribution in [0.5, 0.6) is 0 Å². The Balaban J connectivity index is 0.930. The molecule has 1 aromatic heterocycles. The number of benzene rings is 11. The van der Waals surface area contributed by atoms with E-state index >= 15 is 0 Å². The molecule has 0 saturated carbocycles. The zero-order valence-electron chi connectivity index (χ0n) is 39.8. The number of anilines is 3. The van der Waals surface area contributed by atoms with Gasteiger partial charge in [-0.1, -0.05) is 226 Å². The summed E-state index contributed by atoms with van der Waals surface area (Å²) in [6.07, 6.45) is 0. The molecule has 13 rings (SSSR count). The van der Waals surface area contributed by atoms with Crippen LogP contribution in [0, 0.1) is 0 Å². The second-order valence-electron chi connectivity index (χ2n) is 19.3. The standard InChI is InChI=1S/C69H50N2/c1-69(2)64-45-53(58-29-18-30-62-59(58)43-44-63-66(51-23-12-5-13-24-51)67(52-25-14-6-15-26-52)71(68(62)63)54-27-16-7-17-28-54)35-41-60(64)61-42-40-57(46-65(61)69)70(55-36-31-49(32-37-55)47-19-8-3-9-20-47)56-38-33-50(34-39-56)48-21-10-4-11-22-48/h3-46H,1-2H3. The van der Waals surface area contributed by atoms with Crippen molar-refractivity contribution in [2.75, 3.05) is 4.90 Å². The molecule has 2 nitrogen and oxygen atoms in total. The van der Waals surface area contributed by atoms with Crippen LogP contribution in [-0.2, 0) is 5.41 Å². The zero-order chi connectivity index (χ0) is 47.5. The number of hydrogen-bond donors (Lipinski definition) is 0. The molecule has 0 radical (unpaired) electrons. The van der Waals surface area contributed by atoms with Gasteiger partial charge in [0.1, 0.15) is 0 Å². The Hall–Kier alpha value is -8.98. The molecule has 11 aromatic carbocycles. The van der Waals surface area contributed by atoms with Gasteiger partial charge in [0.2, 0.25) is 0 Å². The highest BCUT2D eigenvalue weighted by molar-refractivity contribution is 6.18. The van der Waals surface area contributed by atoms with Crippen LogP contribution in [0.4, 0.5) is 17.1 Å². The number of nitrogens with zero attached hydrogens (tertiary/aromatic N) is 2. The molecule has 12 aromatic rings. The highest BCUT2D eigenvalue weighted by Gasteiger charge is 2.36. The monoisotopic (exact) mass is 906 g/mol. The van der Waals surface area contributed by atoms with E-state index < -0.39 is 0 Å². The van der Waals surface area contributed by atoms with E-state index in [1.165, 1.54) is 99.7 Å². The Bertz CT molecular complexity index is 3810. The van der Waals surface area contributed by atoms with Crippen molar-refractivity contribution < 1.29 is 0 Å². The molecule has 0 unspecified atom stereocenters. The maximum absolute atomic E-state index is 2.50.